The van der Waals surface area contributed by atoms with Crippen LogP contribution in [0, 0.1) is 0 Å². The fourth-order valence-corrected chi connectivity index (χ4v) is 8.05. The zero-order chi connectivity index (χ0) is 42.0. The molecule has 0 bridgehead atoms. The summed E-state index contributed by atoms with van der Waals surface area (Å²) in [6.07, 6.45) is 2.18. The van der Waals surface area contributed by atoms with E-state index in [9.17, 15) is 9.59 Å². The van der Waals surface area contributed by atoms with Gasteiger partial charge in [0.15, 0.2) is 11.5 Å². The molecule has 0 atom stereocenters. The standard InChI is InChI=1S/C51H47N7O3/c1-3-19-46-53-45(4-2)48(50(60)61-35-34-47(59)52-42-26-15-8-16-27-42)57(46)36-37-30-32-38(33-31-37)43-28-17-18-29-44(43)49-54-55-56-58(49)51(39-20-9-5-10-21-39,40-22-11-6-12-23-40)41-24-13-7-14-25-41/h5-18,20-33H,3-4,19,34-36H2,1-2H3,(H,52,59). The number of aromatic nitrogens is 6. The van der Waals surface area contributed by atoms with Gasteiger partial charge in [-0.25, -0.2) is 14.5 Å². The molecule has 0 fully saturated rings. The van der Waals surface area contributed by atoms with E-state index in [0.29, 0.717) is 42.3 Å². The predicted molar refractivity (Wildman–Crippen MR) is 238 cm³/mol. The van der Waals surface area contributed by atoms with Crippen molar-refractivity contribution in [3.63, 3.8) is 0 Å². The molecule has 304 valence electrons. The van der Waals surface area contributed by atoms with Gasteiger partial charge in [-0.15, -0.1) is 5.10 Å². The van der Waals surface area contributed by atoms with Crippen LogP contribution in [0.2, 0.25) is 0 Å². The number of hydrogen-bond donors (Lipinski definition) is 1. The maximum atomic E-state index is 13.7. The van der Waals surface area contributed by atoms with E-state index < -0.39 is 11.5 Å². The van der Waals surface area contributed by atoms with Crippen molar-refractivity contribution in [1.29, 1.82) is 0 Å². The van der Waals surface area contributed by atoms with Crippen LogP contribution in [-0.4, -0.2) is 48.2 Å². The second-order valence-electron chi connectivity index (χ2n) is 14.8. The summed E-state index contributed by atoms with van der Waals surface area (Å²) in [5.41, 5.74) is 7.80. The Balaban J connectivity index is 1.11. The lowest BCUT2D eigenvalue weighted by atomic mass is 9.77. The fraction of sp³-hybridized carbons (Fsp3) is 0.176. The van der Waals surface area contributed by atoms with Crippen LogP contribution in [0.3, 0.4) is 0 Å². The van der Waals surface area contributed by atoms with Crippen LogP contribution in [0.5, 0.6) is 0 Å². The molecule has 8 rings (SSSR count). The molecule has 8 aromatic rings. The van der Waals surface area contributed by atoms with Crippen molar-refractivity contribution in [2.75, 3.05) is 11.9 Å². The molecule has 6 aromatic carbocycles. The number of benzene rings is 6. The molecule has 1 N–H and O–H groups in total. The Bertz CT molecular complexity index is 2600. The summed E-state index contributed by atoms with van der Waals surface area (Å²) in [5, 5.41) is 16.7. The van der Waals surface area contributed by atoms with Crippen LogP contribution in [-0.2, 0) is 34.5 Å². The lowest BCUT2D eigenvalue weighted by molar-refractivity contribution is -0.116. The highest BCUT2D eigenvalue weighted by Crippen LogP contribution is 2.43. The molecule has 0 aliphatic heterocycles. The van der Waals surface area contributed by atoms with Crippen LogP contribution in [0.1, 0.15) is 70.9 Å². The molecule has 0 aliphatic carbocycles. The summed E-state index contributed by atoms with van der Waals surface area (Å²) < 4.78 is 9.64. The Morgan fingerprint density at radius 1 is 0.672 bits per heavy atom. The summed E-state index contributed by atoms with van der Waals surface area (Å²) in [7, 11) is 0. The molecule has 10 heteroatoms. The first kappa shape index (κ1) is 40.3. The van der Waals surface area contributed by atoms with E-state index in [0.717, 1.165) is 51.2 Å². The largest absolute Gasteiger partial charge is 0.460 e. The van der Waals surface area contributed by atoms with Crippen molar-refractivity contribution in [3.8, 4) is 22.5 Å². The van der Waals surface area contributed by atoms with Crippen LogP contribution in [0.4, 0.5) is 5.69 Å². The Morgan fingerprint density at radius 3 is 1.80 bits per heavy atom. The first-order valence-corrected chi connectivity index (χ1v) is 20.8. The number of tetrazole rings is 1. The number of para-hydroxylation sites is 1. The third-order valence-corrected chi connectivity index (χ3v) is 10.9. The number of hydrogen-bond acceptors (Lipinski definition) is 7. The average molecular weight is 806 g/mol. The molecule has 0 radical (unpaired) electrons. The number of anilines is 1. The SMILES string of the molecule is CCCc1nc(CC)c(C(=O)OCCC(=O)Nc2ccccc2)n1Cc1ccc(-c2ccccc2-c2nnnn2C(c2ccccc2)(c2ccccc2)c2ccccc2)cc1. The van der Waals surface area contributed by atoms with Crippen molar-refractivity contribution in [3.05, 3.63) is 209 Å². The summed E-state index contributed by atoms with van der Waals surface area (Å²) in [5.74, 6) is 0.732. The number of aryl methyl sites for hydroxylation is 2. The van der Waals surface area contributed by atoms with E-state index in [2.05, 4.69) is 90.3 Å². The zero-order valence-electron chi connectivity index (χ0n) is 34.3. The number of carbonyl (C=O) groups excluding carboxylic acids is 2. The maximum Gasteiger partial charge on any atom is 0.356 e. The molecule has 0 saturated heterocycles. The summed E-state index contributed by atoms with van der Waals surface area (Å²) in [6.45, 7) is 4.46. The van der Waals surface area contributed by atoms with E-state index in [-0.39, 0.29) is 18.9 Å². The maximum absolute atomic E-state index is 13.7. The van der Waals surface area contributed by atoms with Gasteiger partial charge in [0.05, 0.1) is 12.1 Å². The smallest absolute Gasteiger partial charge is 0.356 e. The number of esters is 1. The Kier molecular flexibility index (Phi) is 12.3. The molecule has 0 saturated carbocycles. The van der Waals surface area contributed by atoms with Crippen molar-refractivity contribution >= 4 is 17.6 Å². The summed E-state index contributed by atoms with van der Waals surface area (Å²) >= 11 is 0. The Hall–Kier alpha value is -7.46. The van der Waals surface area contributed by atoms with Gasteiger partial charge in [-0.1, -0.05) is 172 Å². The lowest BCUT2D eigenvalue weighted by Crippen LogP contribution is -2.39. The Labute approximate surface area is 355 Å². The third-order valence-electron chi connectivity index (χ3n) is 10.9. The van der Waals surface area contributed by atoms with Gasteiger partial charge in [-0.2, -0.15) is 0 Å². The van der Waals surface area contributed by atoms with Crippen molar-refractivity contribution in [2.24, 2.45) is 0 Å². The van der Waals surface area contributed by atoms with Gasteiger partial charge in [0, 0.05) is 24.2 Å². The van der Waals surface area contributed by atoms with Gasteiger partial charge >= 0.3 is 5.97 Å². The molecule has 0 spiro atoms. The van der Waals surface area contributed by atoms with Gasteiger partial charge in [-0.05, 0) is 68.8 Å². The molecule has 0 unspecified atom stereocenters. The third kappa shape index (κ3) is 8.38. The minimum Gasteiger partial charge on any atom is -0.460 e. The Morgan fingerprint density at radius 2 is 1.23 bits per heavy atom. The average Bonchev–Trinajstić information content (AvgIpc) is 3.94. The molecule has 10 nitrogen and oxygen atoms in total. The second kappa shape index (κ2) is 18.6. The van der Waals surface area contributed by atoms with Crippen LogP contribution in [0.15, 0.2) is 170 Å². The van der Waals surface area contributed by atoms with Crippen LogP contribution in [0.25, 0.3) is 22.5 Å². The number of nitrogens with zero attached hydrogens (tertiary/aromatic N) is 6. The molecular weight excluding hydrogens is 759 g/mol. The number of rotatable bonds is 16. The van der Waals surface area contributed by atoms with Crippen molar-refractivity contribution < 1.29 is 14.3 Å². The van der Waals surface area contributed by atoms with E-state index in [4.69, 9.17) is 20.0 Å². The second-order valence-corrected chi connectivity index (χ2v) is 14.8. The summed E-state index contributed by atoms with van der Waals surface area (Å²) in [4.78, 5) is 31.2. The van der Waals surface area contributed by atoms with Crippen molar-refractivity contribution in [1.82, 2.24) is 29.8 Å². The number of nitrogens with one attached hydrogen (secondary N) is 1. The molecular formula is C51H47N7O3. The van der Waals surface area contributed by atoms with E-state index >= 15 is 0 Å². The van der Waals surface area contributed by atoms with Gasteiger partial charge in [0.2, 0.25) is 5.91 Å². The quantitative estimate of drug-likeness (QED) is 0.0764. The fourth-order valence-electron chi connectivity index (χ4n) is 8.05. The molecule has 0 aliphatic rings. The first-order chi connectivity index (χ1) is 30.0. The number of ether oxygens (including phenoxy) is 1. The topological polar surface area (TPSA) is 117 Å². The predicted octanol–water partition coefficient (Wildman–Crippen LogP) is 9.79. The first-order valence-electron chi connectivity index (χ1n) is 20.8. The number of carbonyl (C=O) groups is 2. The van der Waals surface area contributed by atoms with Gasteiger partial charge in [-0.3, -0.25) is 4.79 Å². The van der Waals surface area contributed by atoms with E-state index in [1.807, 2.05) is 113 Å². The zero-order valence-corrected chi connectivity index (χ0v) is 34.3. The normalized spacial score (nSPS) is 11.3. The van der Waals surface area contributed by atoms with Crippen LogP contribution < -0.4 is 5.32 Å². The highest BCUT2D eigenvalue weighted by Gasteiger charge is 2.42. The van der Waals surface area contributed by atoms with Gasteiger partial charge in [0.1, 0.15) is 18.0 Å². The van der Waals surface area contributed by atoms with E-state index in [1.165, 1.54) is 0 Å². The number of amides is 1. The van der Waals surface area contributed by atoms with Crippen molar-refractivity contribution in [2.45, 2.75) is 51.6 Å². The highest BCUT2D eigenvalue weighted by atomic mass is 16.5. The molecule has 2 aromatic heterocycles. The molecule has 1 amide bonds. The van der Waals surface area contributed by atoms with E-state index in [1.54, 1.807) is 0 Å². The molecule has 61 heavy (non-hydrogen) atoms. The monoisotopic (exact) mass is 805 g/mol. The lowest BCUT2D eigenvalue weighted by Gasteiger charge is -2.36. The number of imidazole rings is 1. The minimum absolute atomic E-state index is 0.0408. The van der Waals surface area contributed by atoms with Gasteiger partial charge in [0.25, 0.3) is 0 Å². The summed E-state index contributed by atoms with van der Waals surface area (Å²) in [6, 6.07) is 56.9. The highest BCUT2D eigenvalue weighted by molar-refractivity contribution is 5.92. The minimum atomic E-state index is -0.897. The van der Waals surface area contributed by atoms with Crippen LogP contribution >= 0.6 is 0 Å². The molecule has 2 heterocycles. The van der Waals surface area contributed by atoms with Gasteiger partial charge < -0.3 is 14.6 Å².